The SMILES string of the molecule is C=CCN(C)C(=O)[C@@H]1[C@@H]2CC(C)C3(S2)C(C(=O)N(CC=C)Cc2ccccc2)N([C@@H](CO)C(C)C)C(=O)[C@H]13. The fraction of sp³-hybridized carbons (Fsp3) is 0.567. The minimum Gasteiger partial charge on any atom is -0.394 e. The standard InChI is InChI=1S/C30H41N3O4S/c1-7-14-31(6)27(35)24-23-16-20(5)30(38-23)25(24)28(36)33(22(18-34)19(3)4)26(30)29(37)32(15-8-2)17-21-12-10-9-11-13-21/h7-13,19-20,22-26,34H,1-2,14-18H2,3-6H3/t20?,22-,23-,24+,25-,26?,30?/m0/s1. The molecule has 206 valence electrons. The number of thioether (sulfide) groups is 1. The molecule has 3 fully saturated rings. The average molecular weight is 540 g/mol. The highest BCUT2D eigenvalue weighted by Crippen LogP contribution is 2.69. The molecule has 3 aliphatic rings. The summed E-state index contributed by atoms with van der Waals surface area (Å²) in [6.07, 6.45) is 4.17. The van der Waals surface area contributed by atoms with E-state index in [0.29, 0.717) is 19.6 Å². The van der Waals surface area contributed by atoms with Gasteiger partial charge >= 0.3 is 0 Å². The molecule has 0 aromatic heterocycles. The Morgan fingerprint density at radius 1 is 1.18 bits per heavy atom. The summed E-state index contributed by atoms with van der Waals surface area (Å²) in [6, 6.07) is 8.50. The smallest absolute Gasteiger partial charge is 0.247 e. The number of fused-ring (bicyclic) bond motifs is 1. The topological polar surface area (TPSA) is 81.2 Å². The molecule has 38 heavy (non-hydrogen) atoms. The highest BCUT2D eigenvalue weighted by molar-refractivity contribution is 8.02. The van der Waals surface area contributed by atoms with Crippen LogP contribution >= 0.6 is 11.8 Å². The number of hydrogen-bond donors (Lipinski definition) is 1. The normalized spacial score (nSPS) is 30.3. The molecule has 1 aromatic carbocycles. The van der Waals surface area contributed by atoms with Crippen molar-refractivity contribution in [1.82, 2.24) is 14.7 Å². The Morgan fingerprint density at radius 2 is 1.84 bits per heavy atom. The van der Waals surface area contributed by atoms with Gasteiger partial charge in [-0.3, -0.25) is 14.4 Å². The number of hydrogen-bond acceptors (Lipinski definition) is 5. The van der Waals surface area contributed by atoms with Crippen LogP contribution in [0.4, 0.5) is 0 Å². The van der Waals surface area contributed by atoms with Gasteiger partial charge in [0, 0.05) is 31.9 Å². The van der Waals surface area contributed by atoms with Crippen LogP contribution in [-0.4, -0.2) is 86.4 Å². The molecular weight excluding hydrogens is 498 g/mol. The number of amides is 3. The predicted molar refractivity (Wildman–Crippen MR) is 151 cm³/mol. The zero-order chi connectivity index (χ0) is 27.8. The Bertz CT molecular complexity index is 1080. The number of nitrogens with zero attached hydrogens (tertiary/aromatic N) is 3. The lowest BCUT2D eigenvalue weighted by molar-refractivity contribution is -0.147. The summed E-state index contributed by atoms with van der Waals surface area (Å²) >= 11 is 1.66. The molecule has 1 aromatic rings. The van der Waals surface area contributed by atoms with Crippen molar-refractivity contribution in [3.8, 4) is 0 Å². The number of likely N-dealkylation sites (tertiary alicyclic amines) is 1. The Kier molecular flexibility index (Phi) is 8.43. The summed E-state index contributed by atoms with van der Waals surface area (Å²) in [5.74, 6) is -1.50. The van der Waals surface area contributed by atoms with Crippen LogP contribution in [0.3, 0.4) is 0 Å². The van der Waals surface area contributed by atoms with Crippen LogP contribution in [-0.2, 0) is 20.9 Å². The van der Waals surface area contributed by atoms with Crippen LogP contribution in [0.5, 0.6) is 0 Å². The zero-order valence-electron chi connectivity index (χ0n) is 23.0. The van der Waals surface area contributed by atoms with E-state index in [2.05, 4.69) is 20.1 Å². The average Bonchev–Trinajstić information content (AvgIpc) is 3.48. The van der Waals surface area contributed by atoms with Crippen molar-refractivity contribution in [3.63, 3.8) is 0 Å². The van der Waals surface area contributed by atoms with E-state index >= 15 is 0 Å². The van der Waals surface area contributed by atoms with Gasteiger partial charge in [0.1, 0.15) is 6.04 Å². The van der Waals surface area contributed by atoms with Gasteiger partial charge in [-0.15, -0.1) is 24.9 Å². The molecular formula is C30H41N3O4S. The van der Waals surface area contributed by atoms with Crippen molar-refractivity contribution >= 4 is 29.5 Å². The molecule has 3 amide bonds. The molecule has 3 unspecified atom stereocenters. The lowest BCUT2D eigenvalue weighted by Gasteiger charge is -2.43. The number of aliphatic hydroxyl groups excluding tert-OH is 1. The van der Waals surface area contributed by atoms with Gasteiger partial charge in [-0.2, -0.15) is 0 Å². The Hall–Kier alpha value is -2.58. The molecule has 7 nitrogen and oxygen atoms in total. The van der Waals surface area contributed by atoms with Gasteiger partial charge in [0.25, 0.3) is 0 Å². The fourth-order valence-electron chi connectivity index (χ4n) is 6.90. The third kappa shape index (κ3) is 4.49. The van der Waals surface area contributed by atoms with E-state index in [0.717, 1.165) is 12.0 Å². The van der Waals surface area contributed by atoms with E-state index in [1.165, 1.54) is 0 Å². The van der Waals surface area contributed by atoms with Crippen LogP contribution in [0.2, 0.25) is 0 Å². The summed E-state index contributed by atoms with van der Waals surface area (Å²) in [6.45, 7) is 14.6. The largest absolute Gasteiger partial charge is 0.394 e. The van der Waals surface area contributed by atoms with E-state index in [9.17, 15) is 19.5 Å². The van der Waals surface area contributed by atoms with Crippen molar-refractivity contribution in [1.29, 1.82) is 0 Å². The third-order valence-corrected chi connectivity index (χ3v) is 10.7. The summed E-state index contributed by atoms with van der Waals surface area (Å²) in [4.78, 5) is 47.7. The number of likely N-dealkylation sites (N-methyl/N-ethyl adjacent to an activating group) is 1. The number of rotatable bonds is 11. The van der Waals surface area contributed by atoms with Crippen LogP contribution in [0.25, 0.3) is 0 Å². The van der Waals surface area contributed by atoms with E-state index in [-0.39, 0.29) is 41.4 Å². The Labute approximate surface area is 230 Å². The Morgan fingerprint density at radius 3 is 2.42 bits per heavy atom. The molecule has 0 saturated carbocycles. The van der Waals surface area contributed by atoms with E-state index in [1.54, 1.807) is 45.7 Å². The quantitative estimate of drug-likeness (QED) is 0.437. The maximum absolute atomic E-state index is 14.6. The van der Waals surface area contributed by atoms with Crippen molar-refractivity contribution in [2.45, 2.75) is 55.8 Å². The highest BCUT2D eigenvalue weighted by atomic mass is 32.2. The van der Waals surface area contributed by atoms with Gasteiger partial charge in [-0.25, -0.2) is 0 Å². The first-order valence-electron chi connectivity index (χ1n) is 13.5. The molecule has 0 aliphatic carbocycles. The monoisotopic (exact) mass is 539 g/mol. The molecule has 3 aliphatic heterocycles. The minimum atomic E-state index is -0.768. The van der Waals surface area contributed by atoms with Crippen molar-refractivity contribution in [2.24, 2.45) is 23.7 Å². The molecule has 4 rings (SSSR count). The first kappa shape index (κ1) is 28.4. The number of benzene rings is 1. The fourth-order valence-corrected chi connectivity index (χ4v) is 9.30. The lowest BCUT2D eigenvalue weighted by atomic mass is 9.65. The first-order chi connectivity index (χ1) is 18.1. The summed E-state index contributed by atoms with van der Waals surface area (Å²) in [5.41, 5.74) is 0.991. The van der Waals surface area contributed by atoms with Crippen molar-refractivity contribution in [3.05, 3.63) is 61.2 Å². The highest BCUT2D eigenvalue weighted by Gasteiger charge is 2.77. The van der Waals surface area contributed by atoms with Gasteiger partial charge in [-0.05, 0) is 23.8 Å². The third-order valence-electron chi connectivity index (χ3n) is 8.67. The maximum Gasteiger partial charge on any atom is 0.247 e. The van der Waals surface area contributed by atoms with Gasteiger partial charge in [0.2, 0.25) is 17.7 Å². The molecule has 0 radical (unpaired) electrons. The molecule has 7 atom stereocenters. The van der Waals surface area contributed by atoms with Crippen LogP contribution < -0.4 is 0 Å². The van der Waals surface area contributed by atoms with Crippen LogP contribution in [0.15, 0.2) is 55.6 Å². The van der Waals surface area contributed by atoms with Gasteiger partial charge in [-0.1, -0.05) is 63.3 Å². The summed E-state index contributed by atoms with van der Waals surface area (Å²) in [7, 11) is 1.74. The minimum absolute atomic E-state index is 0.0234. The molecule has 1 N–H and O–H groups in total. The van der Waals surface area contributed by atoms with Crippen molar-refractivity contribution < 1.29 is 19.5 Å². The number of carbonyl (C=O) groups excluding carboxylic acids is 3. The van der Waals surface area contributed by atoms with Crippen LogP contribution in [0.1, 0.15) is 32.8 Å². The summed E-state index contributed by atoms with van der Waals surface area (Å²) < 4.78 is -0.730. The second-order valence-electron chi connectivity index (χ2n) is 11.3. The number of aliphatic hydroxyl groups is 1. The summed E-state index contributed by atoms with van der Waals surface area (Å²) in [5, 5.41) is 10.4. The first-order valence-corrected chi connectivity index (χ1v) is 14.4. The second kappa shape index (κ2) is 11.3. The second-order valence-corrected chi connectivity index (χ2v) is 12.8. The van der Waals surface area contributed by atoms with E-state index < -0.39 is 28.7 Å². The van der Waals surface area contributed by atoms with Crippen LogP contribution in [0, 0.1) is 23.7 Å². The molecule has 3 saturated heterocycles. The van der Waals surface area contributed by atoms with Gasteiger partial charge in [0.15, 0.2) is 0 Å². The van der Waals surface area contributed by atoms with E-state index in [4.69, 9.17) is 0 Å². The lowest BCUT2D eigenvalue weighted by Crippen LogP contribution is -2.59. The van der Waals surface area contributed by atoms with Crippen molar-refractivity contribution in [2.75, 3.05) is 26.7 Å². The zero-order valence-corrected chi connectivity index (χ0v) is 23.8. The van der Waals surface area contributed by atoms with Gasteiger partial charge < -0.3 is 19.8 Å². The maximum atomic E-state index is 14.6. The molecule has 2 bridgehead atoms. The number of carbonyl (C=O) groups is 3. The molecule has 8 heteroatoms. The molecule has 3 heterocycles. The van der Waals surface area contributed by atoms with Gasteiger partial charge in [0.05, 0.1) is 29.2 Å². The molecule has 1 spiro atoms. The predicted octanol–water partition coefficient (Wildman–Crippen LogP) is 3.20. The Balaban J connectivity index is 1.81. The van der Waals surface area contributed by atoms with E-state index in [1.807, 2.05) is 44.2 Å².